The average molecular weight is 328 g/mol. The lowest BCUT2D eigenvalue weighted by Crippen LogP contribution is -2.12. The molecular weight excluding hydrogens is 320 g/mol. The van der Waals surface area contributed by atoms with E-state index < -0.39 is 5.91 Å². The summed E-state index contributed by atoms with van der Waals surface area (Å²) in [6.45, 7) is 0. The van der Waals surface area contributed by atoms with Gasteiger partial charge in [0.25, 0.3) is 5.91 Å². The molecule has 0 aliphatic heterocycles. The van der Waals surface area contributed by atoms with Gasteiger partial charge >= 0.3 is 0 Å². The molecule has 0 fully saturated rings. The van der Waals surface area contributed by atoms with Crippen LogP contribution in [0.3, 0.4) is 0 Å². The number of benzene rings is 1. The Morgan fingerprint density at radius 1 is 1.39 bits per heavy atom. The van der Waals surface area contributed by atoms with Crippen LogP contribution in [0.15, 0.2) is 41.1 Å². The number of halogens is 2. The van der Waals surface area contributed by atoms with E-state index in [4.69, 9.17) is 11.6 Å². The highest BCUT2D eigenvalue weighted by molar-refractivity contribution is 9.10. The molecule has 0 bridgehead atoms. The van der Waals surface area contributed by atoms with E-state index in [9.17, 15) is 9.90 Å². The molecule has 0 atom stereocenters. The van der Waals surface area contributed by atoms with Crippen molar-refractivity contribution in [2.24, 2.45) is 0 Å². The summed E-state index contributed by atoms with van der Waals surface area (Å²) in [7, 11) is 0. The van der Waals surface area contributed by atoms with Gasteiger partial charge in [-0.2, -0.15) is 0 Å². The molecule has 2 rings (SSSR count). The number of aromatic hydroxyl groups is 1. The number of hydrogen-bond donors (Lipinski definition) is 2. The number of nitrogens with one attached hydrogen (secondary N) is 1. The Morgan fingerprint density at radius 2 is 2.17 bits per heavy atom. The Morgan fingerprint density at radius 3 is 2.89 bits per heavy atom. The summed E-state index contributed by atoms with van der Waals surface area (Å²) in [4.78, 5) is 15.9. The fourth-order valence-electron chi connectivity index (χ4n) is 1.36. The highest BCUT2D eigenvalue weighted by Gasteiger charge is 2.13. The van der Waals surface area contributed by atoms with Crippen molar-refractivity contribution in [1.29, 1.82) is 0 Å². The number of hydrogen-bond acceptors (Lipinski definition) is 3. The largest absolute Gasteiger partial charge is 0.507 e. The number of anilines is 1. The van der Waals surface area contributed by atoms with Gasteiger partial charge in [-0.3, -0.25) is 9.78 Å². The minimum atomic E-state index is -0.443. The second kappa shape index (κ2) is 5.37. The maximum absolute atomic E-state index is 12.0. The minimum Gasteiger partial charge on any atom is -0.507 e. The molecule has 1 amide bonds. The number of aromatic nitrogens is 1. The molecule has 0 radical (unpaired) electrons. The molecule has 6 heteroatoms. The molecule has 1 aromatic carbocycles. The summed E-state index contributed by atoms with van der Waals surface area (Å²) in [6.07, 6.45) is 3.12. The summed E-state index contributed by atoms with van der Waals surface area (Å²) in [5.74, 6) is -0.566. The summed E-state index contributed by atoms with van der Waals surface area (Å²) >= 11 is 9.05. The van der Waals surface area contributed by atoms with Crippen LogP contribution in [0.5, 0.6) is 5.75 Å². The Kier molecular flexibility index (Phi) is 3.84. The lowest BCUT2D eigenvalue weighted by atomic mass is 10.2. The number of nitrogens with zero attached hydrogens (tertiary/aromatic N) is 1. The summed E-state index contributed by atoms with van der Waals surface area (Å²) < 4.78 is 0.653. The van der Waals surface area contributed by atoms with E-state index in [0.29, 0.717) is 15.2 Å². The zero-order valence-electron chi connectivity index (χ0n) is 9.02. The molecule has 0 spiro atoms. The molecule has 0 saturated heterocycles. The number of amides is 1. The first kappa shape index (κ1) is 12.9. The maximum Gasteiger partial charge on any atom is 0.259 e. The van der Waals surface area contributed by atoms with E-state index in [1.807, 2.05) is 0 Å². The summed E-state index contributed by atoms with van der Waals surface area (Å²) in [5.41, 5.74) is 0.681. The molecule has 0 aliphatic rings. The van der Waals surface area contributed by atoms with Gasteiger partial charge in [0.1, 0.15) is 5.75 Å². The molecule has 92 valence electrons. The van der Waals surface area contributed by atoms with Crippen molar-refractivity contribution in [2.75, 3.05) is 5.32 Å². The Hall–Kier alpha value is -1.59. The van der Waals surface area contributed by atoms with Crippen LogP contribution in [0.1, 0.15) is 10.4 Å². The first-order valence-electron chi connectivity index (χ1n) is 4.97. The summed E-state index contributed by atoms with van der Waals surface area (Å²) in [6, 6.07) is 5.93. The zero-order chi connectivity index (χ0) is 13.1. The third-order valence-corrected chi connectivity index (χ3v) is 3.09. The van der Waals surface area contributed by atoms with Gasteiger partial charge in [-0.05, 0) is 40.2 Å². The lowest BCUT2D eigenvalue weighted by molar-refractivity contribution is 0.102. The average Bonchev–Trinajstić information content (AvgIpc) is 2.35. The summed E-state index contributed by atoms with van der Waals surface area (Å²) in [5, 5.41) is 12.6. The Balaban J connectivity index is 2.28. The Labute approximate surface area is 117 Å². The monoisotopic (exact) mass is 326 g/mol. The molecule has 0 saturated carbocycles. The first-order valence-corrected chi connectivity index (χ1v) is 6.14. The number of carbonyl (C=O) groups excluding carboxylic acids is 1. The van der Waals surface area contributed by atoms with Crippen LogP contribution >= 0.6 is 27.5 Å². The van der Waals surface area contributed by atoms with Crippen LogP contribution in [-0.2, 0) is 0 Å². The van der Waals surface area contributed by atoms with Gasteiger partial charge in [0.15, 0.2) is 0 Å². The molecule has 0 unspecified atom stereocenters. The molecular formula is C12H8BrClN2O2. The first-order chi connectivity index (χ1) is 8.58. The van der Waals surface area contributed by atoms with E-state index in [1.54, 1.807) is 18.5 Å². The van der Waals surface area contributed by atoms with Crippen molar-refractivity contribution in [2.45, 2.75) is 0 Å². The number of phenolic OH excluding ortho intramolecular Hbond substituents is 1. The quantitative estimate of drug-likeness (QED) is 0.888. The van der Waals surface area contributed by atoms with Gasteiger partial charge in [-0.25, -0.2) is 0 Å². The molecule has 2 N–H and O–H groups in total. The number of pyridine rings is 1. The lowest BCUT2D eigenvalue weighted by Gasteiger charge is -2.08. The van der Waals surface area contributed by atoms with Crippen LogP contribution in [0.2, 0.25) is 5.02 Å². The maximum atomic E-state index is 12.0. The highest BCUT2D eigenvalue weighted by Crippen LogP contribution is 2.25. The number of carbonyl (C=O) groups is 1. The predicted octanol–water partition coefficient (Wildman–Crippen LogP) is 3.46. The van der Waals surface area contributed by atoms with Crippen molar-refractivity contribution >= 4 is 39.1 Å². The van der Waals surface area contributed by atoms with Crippen LogP contribution in [0, 0.1) is 0 Å². The third-order valence-electron chi connectivity index (χ3n) is 2.22. The second-order valence-corrected chi connectivity index (χ2v) is 4.76. The predicted molar refractivity (Wildman–Crippen MR) is 73.0 cm³/mol. The molecule has 18 heavy (non-hydrogen) atoms. The SMILES string of the molecule is O=C(Nc1ccncc1Br)c1cc(Cl)ccc1O. The van der Waals surface area contributed by atoms with E-state index in [1.165, 1.54) is 18.2 Å². The zero-order valence-corrected chi connectivity index (χ0v) is 11.4. The van der Waals surface area contributed by atoms with Crippen molar-refractivity contribution in [3.8, 4) is 5.75 Å². The van der Waals surface area contributed by atoms with Gasteiger partial charge in [0, 0.05) is 17.4 Å². The second-order valence-electron chi connectivity index (χ2n) is 3.47. The molecule has 2 aromatic rings. The van der Waals surface area contributed by atoms with Gasteiger partial charge < -0.3 is 10.4 Å². The number of rotatable bonds is 2. The minimum absolute atomic E-state index is 0.117. The molecule has 4 nitrogen and oxygen atoms in total. The van der Waals surface area contributed by atoms with E-state index in [2.05, 4.69) is 26.2 Å². The van der Waals surface area contributed by atoms with E-state index in [-0.39, 0.29) is 11.3 Å². The van der Waals surface area contributed by atoms with Crippen LogP contribution in [0.4, 0.5) is 5.69 Å². The number of phenols is 1. The highest BCUT2D eigenvalue weighted by atomic mass is 79.9. The fraction of sp³-hybridized carbons (Fsp3) is 0. The Bertz CT molecular complexity index is 604. The van der Waals surface area contributed by atoms with Crippen molar-refractivity contribution < 1.29 is 9.90 Å². The molecule has 0 aliphatic carbocycles. The van der Waals surface area contributed by atoms with Crippen LogP contribution < -0.4 is 5.32 Å². The van der Waals surface area contributed by atoms with Crippen molar-refractivity contribution in [3.63, 3.8) is 0 Å². The van der Waals surface area contributed by atoms with E-state index in [0.717, 1.165) is 0 Å². The van der Waals surface area contributed by atoms with Gasteiger partial charge in [0.05, 0.1) is 15.7 Å². The topological polar surface area (TPSA) is 62.2 Å². The fourth-order valence-corrected chi connectivity index (χ4v) is 1.88. The van der Waals surface area contributed by atoms with Gasteiger partial charge in [0.2, 0.25) is 0 Å². The van der Waals surface area contributed by atoms with Gasteiger partial charge in [-0.15, -0.1) is 0 Å². The molecule has 1 aromatic heterocycles. The standard InChI is InChI=1S/C12H8BrClN2O2/c13-9-6-15-4-3-10(9)16-12(18)8-5-7(14)1-2-11(8)17/h1-6,17H,(H,15,16,18). The third kappa shape index (κ3) is 2.80. The normalized spacial score (nSPS) is 10.1. The van der Waals surface area contributed by atoms with Crippen molar-refractivity contribution in [1.82, 2.24) is 4.98 Å². The van der Waals surface area contributed by atoms with E-state index >= 15 is 0 Å². The molecule has 1 heterocycles. The smallest absolute Gasteiger partial charge is 0.259 e. The van der Waals surface area contributed by atoms with Gasteiger partial charge in [-0.1, -0.05) is 11.6 Å². The van der Waals surface area contributed by atoms with Crippen molar-refractivity contribution in [3.05, 3.63) is 51.7 Å². The van der Waals surface area contributed by atoms with Crippen LogP contribution in [0.25, 0.3) is 0 Å². The van der Waals surface area contributed by atoms with Crippen LogP contribution in [-0.4, -0.2) is 16.0 Å².